The van der Waals surface area contributed by atoms with Crippen molar-refractivity contribution in [3.63, 3.8) is 0 Å². The SMILES string of the molecule is CC(NCc1ccccc1)C(F)(F)F.Cl. The summed E-state index contributed by atoms with van der Waals surface area (Å²) in [6, 6.07) is 7.54. The van der Waals surface area contributed by atoms with E-state index < -0.39 is 12.2 Å². The summed E-state index contributed by atoms with van der Waals surface area (Å²) in [5.74, 6) is 0. The molecule has 1 nitrogen and oxygen atoms in total. The van der Waals surface area contributed by atoms with Crippen molar-refractivity contribution in [2.45, 2.75) is 25.7 Å². The summed E-state index contributed by atoms with van der Waals surface area (Å²) in [4.78, 5) is 0. The molecule has 0 fully saturated rings. The van der Waals surface area contributed by atoms with Gasteiger partial charge in [0, 0.05) is 6.54 Å². The maximum absolute atomic E-state index is 12.1. The average molecular weight is 240 g/mol. The first-order chi connectivity index (χ1) is 6.50. The predicted molar refractivity (Wildman–Crippen MR) is 56.0 cm³/mol. The molecule has 0 heterocycles. The molecule has 1 aromatic rings. The second kappa shape index (κ2) is 5.98. The van der Waals surface area contributed by atoms with Gasteiger partial charge in [0.15, 0.2) is 0 Å². The third-order valence-corrected chi connectivity index (χ3v) is 1.95. The summed E-state index contributed by atoms with van der Waals surface area (Å²) < 4.78 is 36.3. The molecule has 1 atom stereocenters. The molecule has 1 aromatic carbocycles. The Morgan fingerprint density at radius 3 is 2.20 bits per heavy atom. The number of nitrogens with one attached hydrogen (secondary N) is 1. The highest BCUT2D eigenvalue weighted by Crippen LogP contribution is 2.19. The smallest absolute Gasteiger partial charge is 0.302 e. The monoisotopic (exact) mass is 239 g/mol. The van der Waals surface area contributed by atoms with E-state index in [1.54, 1.807) is 24.3 Å². The van der Waals surface area contributed by atoms with Crippen molar-refractivity contribution in [1.29, 1.82) is 0 Å². The van der Waals surface area contributed by atoms with E-state index in [1.165, 1.54) is 0 Å². The van der Waals surface area contributed by atoms with Crippen molar-refractivity contribution in [1.82, 2.24) is 5.32 Å². The Morgan fingerprint density at radius 1 is 1.20 bits per heavy atom. The lowest BCUT2D eigenvalue weighted by Crippen LogP contribution is -2.39. The van der Waals surface area contributed by atoms with E-state index in [-0.39, 0.29) is 19.0 Å². The highest BCUT2D eigenvalue weighted by molar-refractivity contribution is 5.85. The number of benzene rings is 1. The zero-order chi connectivity index (χ0) is 10.6. The van der Waals surface area contributed by atoms with Crippen LogP contribution in [-0.4, -0.2) is 12.2 Å². The Morgan fingerprint density at radius 2 is 1.73 bits per heavy atom. The summed E-state index contributed by atoms with van der Waals surface area (Å²) in [7, 11) is 0. The molecule has 1 N–H and O–H groups in total. The topological polar surface area (TPSA) is 12.0 Å². The van der Waals surface area contributed by atoms with Gasteiger partial charge in [0.25, 0.3) is 0 Å². The fraction of sp³-hybridized carbons (Fsp3) is 0.400. The van der Waals surface area contributed by atoms with Crippen molar-refractivity contribution < 1.29 is 13.2 Å². The van der Waals surface area contributed by atoms with Gasteiger partial charge in [-0.15, -0.1) is 12.4 Å². The molecular formula is C10H13ClF3N. The molecule has 0 saturated carbocycles. The van der Waals surface area contributed by atoms with Gasteiger partial charge < -0.3 is 5.32 Å². The molecule has 86 valence electrons. The lowest BCUT2D eigenvalue weighted by Gasteiger charge is -2.16. The van der Waals surface area contributed by atoms with Gasteiger partial charge >= 0.3 is 6.18 Å². The number of hydrogen-bond donors (Lipinski definition) is 1. The minimum absolute atomic E-state index is 0. The Hall–Kier alpha value is -0.740. The summed E-state index contributed by atoms with van der Waals surface area (Å²) >= 11 is 0. The maximum Gasteiger partial charge on any atom is 0.403 e. The fourth-order valence-corrected chi connectivity index (χ4v) is 0.983. The Balaban J connectivity index is 0.00000196. The lowest BCUT2D eigenvalue weighted by atomic mass is 10.2. The standard InChI is InChI=1S/C10H12F3N.ClH/c1-8(10(11,12)13)14-7-9-5-3-2-4-6-9;/h2-6,8,14H,7H2,1H3;1H. The second-order valence-electron chi connectivity index (χ2n) is 3.13. The van der Waals surface area contributed by atoms with Crippen LogP contribution in [0.1, 0.15) is 12.5 Å². The molecule has 0 aliphatic heterocycles. The number of halogens is 4. The summed E-state index contributed by atoms with van der Waals surface area (Å²) in [5.41, 5.74) is 0.851. The molecular weight excluding hydrogens is 227 g/mol. The van der Waals surface area contributed by atoms with Crippen molar-refractivity contribution >= 4 is 12.4 Å². The van der Waals surface area contributed by atoms with Crippen molar-refractivity contribution in [2.24, 2.45) is 0 Å². The molecule has 15 heavy (non-hydrogen) atoms. The van der Waals surface area contributed by atoms with Gasteiger partial charge in [0.05, 0.1) is 0 Å². The Labute approximate surface area is 93.1 Å². The predicted octanol–water partition coefficient (Wildman–Crippen LogP) is 3.15. The van der Waals surface area contributed by atoms with Crippen molar-refractivity contribution in [3.05, 3.63) is 35.9 Å². The van der Waals surface area contributed by atoms with Crippen LogP contribution in [-0.2, 0) is 6.54 Å². The molecule has 0 saturated heterocycles. The highest BCUT2D eigenvalue weighted by Gasteiger charge is 2.35. The van der Waals surface area contributed by atoms with Crippen molar-refractivity contribution in [3.8, 4) is 0 Å². The van der Waals surface area contributed by atoms with Crippen LogP contribution in [0.3, 0.4) is 0 Å². The van der Waals surface area contributed by atoms with Crippen LogP contribution in [0.5, 0.6) is 0 Å². The highest BCUT2D eigenvalue weighted by atomic mass is 35.5. The van der Waals surface area contributed by atoms with Crippen LogP contribution in [0.25, 0.3) is 0 Å². The Bertz CT molecular complexity index is 274. The first-order valence-electron chi connectivity index (χ1n) is 4.34. The molecule has 5 heteroatoms. The molecule has 0 radical (unpaired) electrons. The summed E-state index contributed by atoms with van der Waals surface area (Å²) in [6.07, 6.45) is -4.17. The maximum atomic E-state index is 12.1. The third-order valence-electron chi connectivity index (χ3n) is 1.95. The average Bonchev–Trinajstić information content (AvgIpc) is 2.14. The van der Waals surface area contributed by atoms with Crippen LogP contribution in [0.2, 0.25) is 0 Å². The van der Waals surface area contributed by atoms with Gasteiger partial charge in [0.1, 0.15) is 6.04 Å². The van der Waals surface area contributed by atoms with Gasteiger partial charge in [-0.2, -0.15) is 13.2 Å². The van der Waals surface area contributed by atoms with Gasteiger partial charge in [-0.1, -0.05) is 30.3 Å². The molecule has 1 unspecified atom stereocenters. The quantitative estimate of drug-likeness (QED) is 0.855. The van der Waals surface area contributed by atoms with Gasteiger partial charge in [0.2, 0.25) is 0 Å². The first kappa shape index (κ1) is 14.3. The lowest BCUT2D eigenvalue weighted by molar-refractivity contribution is -0.151. The van der Waals surface area contributed by atoms with Crippen molar-refractivity contribution in [2.75, 3.05) is 0 Å². The second-order valence-corrected chi connectivity index (χ2v) is 3.13. The molecule has 0 spiro atoms. The number of hydrogen-bond acceptors (Lipinski definition) is 1. The minimum atomic E-state index is -4.17. The number of alkyl halides is 3. The Kier molecular flexibility index (Phi) is 5.68. The zero-order valence-corrected chi connectivity index (χ0v) is 9.03. The fourth-order valence-electron chi connectivity index (χ4n) is 0.983. The van der Waals surface area contributed by atoms with Crippen LogP contribution < -0.4 is 5.32 Å². The summed E-state index contributed by atoms with van der Waals surface area (Å²) in [6.45, 7) is 1.35. The molecule has 0 aliphatic rings. The van der Waals surface area contributed by atoms with E-state index in [1.807, 2.05) is 6.07 Å². The van der Waals surface area contributed by atoms with E-state index in [0.29, 0.717) is 0 Å². The molecule has 1 rings (SSSR count). The van der Waals surface area contributed by atoms with E-state index >= 15 is 0 Å². The molecule has 0 bridgehead atoms. The molecule has 0 amide bonds. The molecule has 0 aromatic heterocycles. The van der Waals surface area contributed by atoms with E-state index in [9.17, 15) is 13.2 Å². The first-order valence-corrected chi connectivity index (χ1v) is 4.34. The summed E-state index contributed by atoms with van der Waals surface area (Å²) in [5, 5.41) is 2.41. The zero-order valence-electron chi connectivity index (χ0n) is 8.21. The molecule has 0 aliphatic carbocycles. The van der Waals surface area contributed by atoms with Crippen LogP contribution in [0.4, 0.5) is 13.2 Å². The van der Waals surface area contributed by atoms with Crippen LogP contribution >= 0.6 is 12.4 Å². The third kappa shape index (κ3) is 5.04. The van der Waals surface area contributed by atoms with E-state index in [2.05, 4.69) is 5.32 Å². The van der Waals surface area contributed by atoms with Gasteiger partial charge in [-0.05, 0) is 12.5 Å². The van der Waals surface area contributed by atoms with E-state index in [0.717, 1.165) is 12.5 Å². The number of rotatable bonds is 3. The van der Waals surface area contributed by atoms with E-state index in [4.69, 9.17) is 0 Å². The van der Waals surface area contributed by atoms with Crippen LogP contribution in [0, 0.1) is 0 Å². The minimum Gasteiger partial charge on any atom is -0.302 e. The largest absolute Gasteiger partial charge is 0.403 e. The van der Waals surface area contributed by atoms with Gasteiger partial charge in [-0.25, -0.2) is 0 Å². The van der Waals surface area contributed by atoms with Crippen LogP contribution in [0.15, 0.2) is 30.3 Å². The van der Waals surface area contributed by atoms with Gasteiger partial charge in [-0.3, -0.25) is 0 Å². The normalized spacial score (nSPS) is 13.1.